The number of hydrogen-bond donors (Lipinski definition) is 2. The van der Waals surface area contributed by atoms with Crippen LogP contribution in [-0.2, 0) is 27.4 Å². The second kappa shape index (κ2) is 11.3. The molecule has 5 aliphatic rings. The molecule has 2 amide bonds. The molecule has 2 N–H and O–H groups in total. The summed E-state index contributed by atoms with van der Waals surface area (Å²) >= 11 is 0. The lowest BCUT2D eigenvalue weighted by atomic mass is 9.88. The molecule has 0 spiro atoms. The number of amides is 2. The van der Waals surface area contributed by atoms with Gasteiger partial charge in [-0.3, -0.25) is 4.79 Å². The van der Waals surface area contributed by atoms with Crippen molar-refractivity contribution in [2.75, 3.05) is 31.5 Å². The van der Waals surface area contributed by atoms with Gasteiger partial charge in [-0.25, -0.2) is 14.4 Å². The normalized spacial score (nSPS) is 22.7. The summed E-state index contributed by atoms with van der Waals surface area (Å²) in [6, 6.07) is 6.86. The summed E-state index contributed by atoms with van der Waals surface area (Å²) in [5.74, 6) is -0.352. The number of carbonyl (C=O) groups is 3. The van der Waals surface area contributed by atoms with Crippen LogP contribution in [0.25, 0.3) is 5.57 Å². The zero-order chi connectivity index (χ0) is 30.5. The van der Waals surface area contributed by atoms with E-state index in [0.717, 1.165) is 48.1 Å². The molecule has 7 rings (SSSR count). The van der Waals surface area contributed by atoms with Crippen LogP contribution in [0.15, 0.2) is 34.6 Å². The average molecular weight is 605 g/mol. The van der Waals surface area contributed by atoms with E-state index in [1.807, 2.05) is 19.1 Å². The van der Waals surface area contributed by atoms with E-state index >= 15 is 0 Å². The molecule has 2 aromatic rings. The summed E-state index contributed by atoms with van der Waals surface area (Å²) in [7, 11) is 0. The average Bonchev–Trinajstić information content (AvgIpc) is 3.41. The molecule has 2 unspecified atom stereocenters. The molecule has 2 atom stereocenters. The molecule has 12 nitrogen and oxygen atoms in total. The minimum Gasteiger partial charge on any atom is -0.458 e. The number of ether oxygens (including phenoxy) is 3. The van der Waals surface area contributed by atoms with Crippen LogP contribution >= 0.6 is 0 Å². The highest BCUT2D eigenvalue weighted by Gasteiger charge is 2.39. The number of nitrogens with zero attached hydrogens (tertiary/aromatic N) is 3. The molecule has 44 heavy (non-hydrogen) atoms. The molecule has 0 radical (unpaired) electrons. The van der Waals surface area contributed by atoms with Gasteiger partial charge in [0.05, 0.1) is 11.6 Å². The molecule has 1 saturated heterocycles. The highest BCUT2D eigenvalue weighted by molar-refractivity contribution is 5.85. The highest BCUT2D eigenvalue weighted by atomic mass is 16.6. The molecule has 1 saturated carbocycles. The Labute approximate surface area is 254 Å². The van der Waals surface area contributed by atoms with Crippen molar-refractivity contribution >= 4 is 29.4 Å². The number of hydrogen-bond acceptors (Lipinski definition) is 9. The minimum atomic E-state index is -1.48. The highest BCUT2D eigenvalue weighted by Crippen LogP contribution is 2.47. The first-order valence-electron chi connectivity index (χ1n) is 15.5. The third-order valence-electron chi connectivity index (χ3n) is 9.49. The molecule has 4 aliphatic heterocycles. The number of nitrogens with one attached hydrogen (secondary N) is 1. The number of benzene rings is 1. The second-order valence-corrected chi connectivity index (χ2v) is 12.0. The zero-order valence-electron chi connectivity index (χ0n) is 24.7. The van der Waals surface area contributed by atoms with Crippen LogP contribution < -0.4 is 15.6 Å². The van der Waals surface area contributed by atoms with E-state index in [4.69, 9.17) is 14.2 Å². The Morgan fingerprint density at radius 2 is 1.75 bits per heavy atom. The van der Waals surface area contributed by atoms with Crippen molar-refractivity contribution in [2.45, 2.75) is 76.9 Å². The number of aliphatic hydroxyl groups is 1. The van der Waals surface area contributed by atoms with E-state index < -0.39 is 18.2 Å². The fourth-order valence-corrected chi connectivity index (χ4v) is 7.08. The Balaban J connectivity index is 1.05. The number of aromatic nitrogens is 1. The summed E-state index contributed by atoms with van der Waals surface area (Å²) in [6.45, 7) is 3.75. The number of anilines is 1. The number of cyclic esters (lactones) is 1. The van der Waals surface area contributed by atoms with Crippen molar-refractivity contribution in [3.05, 3.63) is 62.6 Å². The van der Waals surface area contributed by atoms with Crippen LogP contribution in [0.5, 0.6) is 5.75 Å². The van der Waals surface area contributed by atoms with Crippen molar-refractivity contribution in [3.63, 3.8) is 0 Å². The molecule has 0 bridgehead atoms. The van der Waals surface area contributed by atoms with Gasteiger partial charge in [-0.2, -0.15) is 0 Å². The summed E-state index contributed by atoms with van der Waals surface area (Å²) < 4.78 is 18.1. The first-order valence-corrected chi connectivity index (χ1v) is 15.5. The lowest BCUT2D eigenvalue weighted by molar-refractivity contribution is -0.157. The largest absolute Gasteiger partial charge is 0.458 e. The number of pyridine rings is 1. The van der Waals surface area contributed by atoms with Gasteiger partial charge in [-0.1, -0.05) is 13.3 Å². The third-order valence-corrected chi connectivity index (χ3v) is 9.49. The molecule has 1 aliphatic carbocycles. The Morgan fingerprint density at radius 3 is 2.48 bits per heavy atom. The molecule has 1 aromatic heterocycles. The van der Waals surface area contributed by atoms with Crippen molar-refractivity contribution in [2.24, 2.45) is 0 Å². The molecule has 232 valence electrons. The number of allylic oxidation sites excluding steroid dienone is 1. The summed E-state index contributed by atoms with van der Waals surface area (Å²) in [6.07, 6.45) is 3.62. The first-order chi connectivity index (χ1) is 21.3. The molecular weight excluding hydrogens is 568 g/mol. The maximum Gasteiger partial charge on any atom is 0.415 e. The van der Waals surface area contributed by atoms with Gasteiger partial charge in [-0.05, 0) is 67.5 Å². The maximum atomic E-state index is 13.4. The van der Waals surface area contributed by atoms with Crippen molar-refractivity contribution in [1.82, 2.24) is 14.4 Å². The SMILES string of the molecule is CCC1=C2Cn3c(cc4c(c3=O)COC(=O)C4O)C2Nc2ccc(OC(=O)N3CCN(C(=O)OC4CCCCC4)CC3)cc21. The van der Waals surface area contributed by atoms with Gasteiger partial charge in [-0.15, -0.1) is 0 Å². The van der Waals surface area contributed by atoms with E-state index in [1.54, 1.807) is 26.5 Å². The number of carbonyl (C=O) groups excluding carboxylic acids is 3. The van der Waals surface area contributed by atoms with E-state index in [0.29, 0.717) is 61.7 Å². The third kappa shape index (κ3) is 4.90. The maximum absolute atomic E-state index is 13.4. The monoisotopic (exact) mass is 604 g/mol. The number of aliphatic hydroxyl groups excluding tert-OH is 1. The van der Waals surface area contributed by atoms with E-state index in [2.05, 4.69) is 5.32 Å². The molecule has 5 heterocycles. The first kappa shape index (κ1) is 28.5. The van der Waals surface area contributed by atoms with Gasteiger partial charge in [0.1, 0.15) is 18.5 Å². The fourth-order valence-electron chi connectivity index (χ4n) is 7.08. The van der Waals surface area contributed by atoms with Crippen LogP contribution in [-0.4, -0.2) is 69.9 Å². The number of rotatable bonds is 3. The number of fused-ring (bicyclic) bond motifs is 5. The molecule has 2 fully saturated rings. The predicted molar refractivity (Wildman–Crippen MR) is 158 cm³/mol. The predicted octanol–water partition coefficient (Wildman–Crippen LogP) is 3.87. The lowest BCUT2D eigenvalue weighted by Gasteiger charge is -2.34. The Morgan fingerprint density at radius 1 is 1.02 bits per heavy atom. The molecule has 1 aromatic carbocycles. The summed E-state index contributed by atoms with van der Waals surface area (Å²) in [5, 5.41) is 13.9. The molecular formula is C32H36N4O8. The second-order valence-electron chi connectivity index (χ2n) is 12.0. The van der Waals surface area contributed by atoms with E-state index in [9.17, 15) is 24.3 Å². The lowest BCUT2D eigenvalue weighted by Crippen LogP contribution is -2.51. The van der Waals surface area contributed by atoms with Gasteiger partial charge in [0.25, 0.3) is 5.56 Å². The van der Waals surface area contributed by atoms with Gasteiger partial charge < -0.3 is 39.0 Å². The van der Waals surface area contributed by atoms with Crippen molar-refractivity contribution in [3.8, 4) is 5.75 Å². The van der Waals surface area contributed by atoms with Crippen molar-refractivity contribution in [1.29, 1.82) is 0 Å². The fraction of sp³-hybridized carbons (Fsp3) is 0.500. The zero-order valence-corrected chi connectivity index (χ0v) is 24.7. The van der Waals surface area contributed by atoms with Gasteiger partial charge in [0.2, 0.25) is 0 Å². The van der Waals surface area contributed by atoms with Crippen LogP contribution in [0.4, 0.5) is 15.3 Å². The summed E-state index contributed by atoms with van der Waals surface area (Å²) in [4.78, 5) is 54.3. The summed E-state index contributed by atoms with van der Waals surface area (Å²) in [5.41, 5.74) is 4.79. The Bertz CT molecular complexity index is 1620. The van der Waals surface area contributed by atoms with Crippen LogP contribution in [0.1, 0.15) is 80.0 Å². The Kier molecular flexibility index (Phi) is 7.31. The van der Waals surface area contributed by atoms with Gasteiger partial charge >= 0.3 is 18.2 Å². The van der Waals surface area contributed by atoms with Crippen molar-refractivity contribution < 1.29 is 33.7 Å². The topological polar surface area (TPSA) is 140 Å². The Hall–Kier alpha value is -4.32. The molecule has 12 heteroatoms. The van der Waals surface area contributed by atoms with E-state index in [-0.39, 0.29) is 30.4 Å². The number of esters is 1. The van der Waals surface area contributed by atoms with Crippen LogP contribution in [0.3, 0.4) is 0 Å². The smallest absolute Gasteiger partial charge is 0.415 e. The minimum absolute atomic E-state index is 0.00570. The standard InChI is InChI=1S/C32H36N4O8/c1-2-20-21-14-19(44-32(41)35-12-10-34(11-13-35)31(40)43-18-6-4-3-5-7-18)8-9-25(21)33-27-23(20)16-36-26(27)15-22-24(29(36)38)17-42-30(39)28(22)37/h8-9,14-15,18,27-28,33,37H,2-7,10-13,16-17H2,1H3. The van der Waals surface area contributed by atoms with Crippen LogP contribution in [0, 0.1) is 0 Å². The van der Waals surface area contributed by atoms with Gasteiger partial charge in [0.15, 0.2) is 6.10 Å². The number of piperazine rings is 1. The van der Waals surface area contributed by atoms with Crippen LogP contribution in [0.2, 0.25) is 0 Å². The van der Waals surface area contributed by atoms with Gasteiger partial charge in [0, 0.05) is 55.2 Å². The quantitative estimate of drug-likeness (QED) is 0.500. The van der Waals surface area contributed by atoms with E-state index in [1.165, 1.54) is 6.42 Å².